The third-order valence-electron chi connectivity index (χ3n) is 5.31. The molecule has 5 nitrogen and oxygen atoms in total. The van der Waals surface area contributed by atoms with Crippen LogP contribution in [-0.4, -0.2) is 10.9 Å². The van der Waals surface area contributed by atoms with E-state index in [1.54, 1.807) is 36.4 Å². The van der Waals surface area contributed by atoms with Gasteiger partial charge in [0.2, 0.25) is 5.76 Å². The Labute approximate surface area is 195 Å². The summed E-state index contributed by atoms with van der Waals surface area (Å²) in [6.45, 7) is 3.80. The summed E-state index contributed by atoms with van der Waals surface area (Å²) in [5, 5.41) is 1.87. The molecule has 1 aliphatic heterocycles. The van der Waals surface area contributed by atoms with Gasteiger partial charge in [-0.3, -0.25) is 14.5 Å². The van der Waals surface area contributed by atoms with Gasteiger partial charge in [0.05, 0.1) is 32.7 Å². The Morgan fingerprint density at radius 2 is 1.81 bits per heavy atom. The highest BCUT2D eigenvalue weighted by Crippen LogP contribution is 2.44. The van der Waals surface area contributed by atoms with E-state index in [4.69, 9.17) is 39.2 Å². The van der Waals surface area contributed by atoms with Crippen LogP contribution in [0.5, 0.6) is 0 Å². The number of amides is 1. The van der Waals surface area contributed by atoms with Gasteiger partial charge in [-0.05, 0) is 49.7 Å². The molecule has 0 spiro atoms. The van der Waals surface area contributed by atoms with Crippen molar-refractivity contribution in [2.75, 3.05) is 4.90 Å². The van der Waals surface area contributed by atoms with Gasteiger partial charge in [-0.15, -0.1) is 11.3 Å². The quantitative estimate of drug-likeness (QED) is 0.318. The van der Waals surface area contributed by atoms with Crippen LogP contribution in [0.2, 0.25) is 15.1 Å². The van der Waals surface area contributed by atoms with Crippen molar-refractivity contribution in [3.63, 3.8) is 0 Å². The monoisotopic (exact) mass is 490 g/mol. The minimum absolute atomic E-state index is 0.0126. The van der Waals surface area contributed by atoms with Crippen molar-refractivity contribution in [3.05, 3.63) is 89.1 Å². The van der Waals surface area contributed by atoms with Crippen molar-refractivity contribution >= 4 is 68.1 Å². The largest absolute Gasteiger partial charge is 0.450 e. The first-order valence-electron chi connectivity index (χ1n) is 9.25. The van der Waals surface area contributed by atoms with Crippen LogP contribution in [0.4, 0.5) is 5.13 Å². The van der Waals surface area contributed by atoms with Crippen LogP contribution in [0.25, 0.3) is 11.0 Å². The molecule has 3 heterocycles. The second kappa shape index (κ2) is 7.35. The van der Waals surface area contributed by atoms with Crippen LogP contribution in [0.15, 0.2) is 45.6 Å². The van der Waals surface area contributed by atoms with Gasteiger partial charge < -0.3 is 4.42 Å². The molecule has 0 saturated carbocycles. The smallest absolute Gasteiger partial charge is 0.297 e. The first kappa shape index (κ1) is 20.5. The van der Waals surface area contributed by atoms with Gasteiger partial charge in [-0.1, -0.05) is 40.9 Å². The number of hydrogen-bond acceptors (Lipinski definition) is 5. The lowest BCUT2D eigenvalue weighted by Gasteiger charge is -2.22. The Kier molecular flexibility index (Phi) is 4.86. The molecule has 0 N–H and O–H groups in total. The lowest BCUT2D eigenvalue weighted by atomic mass is 9.99. The lowest BCUT2D eigenvalue weighted by molar-refractivity contribution is 0.0971. The molecule has 1 atom stereocenters. The Hall–Kier alpha value is -2.38. The van der Waals surface area contributed by atoms with Crippen LogP contribution in [-0.2, 0) is 0 Å². The Balaban J connectivity index is 1.84. The maximum atomic E-state index is 13.5. The first-order chi connectivity index (χ1) is 14.8. The molecule has 1 aliphatic rings. The van der Waals surface area contributed by atoms with Crippen molar-refractivity contribution in [2.45, 2.75) is 19.9 Å². The summed E-state index contributed by atoms with van der Waals surface area (Å²) in [4.78, 5) is 34.0. The summed E-state index contributed by atoms with van der Waals surface area (Å²) in [6, 6.07) is 9.00. The molecule has 1 amide bonds. The SMILES string of the molecule is Cc1nc(N2C(=O)c3oc4ccc(Cl)cc4c(=O)c3[C@@H]2c2ccc(Cl)c(Cl)c2)sc1C. The number of fused-ring (bicyclic) bond motifs is 2. The number of nitrogens with zero attached hydrogens (tertiary/aromatic N) is 2. The minimum Gasteiger partial charge on any atom is -0.450 e. The molecule has 9 heteroatoms. The number of halogens is 3. The van der Waals surface area contributed by atoms with Gasteiger partial charge >= 0.3 is 0 Å². The Bertz CT molecular complexity index is 1440. The van der Waals surface area contributed by atoms with Crippen molar-refractivity contribution < 1.29 is 9.21 Å². The van der Waals surface area contributed by atoms with E-state index in [0.29, 0.717) is 36.7 Å². The first-order valence-corrected chi connectivity index (χ1v) is 11.2. The van der Waals surface area contributed by atoms with Gasteiger partial charge in [0.25, 0.3) is 5.91 Å². The van der Waals surface area contributed by atoms with Gasteiger partial charge in [0.15, 0.2) is 10.6 Å². The zero-order valence-electron chi connectivity index (χ0n) is 16.2. The van der Waals surface area contributed by atoms with Crippen LogP contribution >= 0.6 is 46.1 Å². The van der Waals surface area contributed by atoms with Gasteiger partial charge in [0, 0.05) is 9.90 Å². The molecule has 31 heavy (non-hydrogen) atoms. The van der Waals surface area contributed by atoms with E-state index in [2.05, 4.69) is 4.98 Å². The number of aromatic nitrogens is 1. The second-order valence-corrected chi connectivity index (χ2v) is 9.64. The molecule has 0 bridgehead atoms. The number of benzene rings is 2. The highest BCUT2D eigenvalue weighted by molar-refractivity contribution is 7.15. The van der Waals surface area contributed by atoms with E-state index >= 15 is 0 Å². The minimum atomic E-state index is -0.762. The van der Waals surface area contributed by atoms with E-state index in [1.807, 2.05) is 13.8 Å². The fraction of sp³-hybridized carbons (Fsp3) is 0.136. The maximum Gasteiger partial charge on any atom is 0.297 e. The number of rotatable bonds is 2. The molecule has 0 aliphatic carbocycles. The van der Waals surface area contributed by atoms with E-state index in [1.165, 1.54) is 16.2 Å². The van der Waals surface area contributed by atoms with Crippen LogP contribution < -0.4 is 10.3 Å². The maximum absolute atomic E-state index is 13.5. The number of carbonyl (C=O) groups is 1. The normalized spacial score (nSPS) is 15.7. The van der Waals surface area contributed by atoms with Crippen LogP contribution in [0, 0.1) is 13.8 Å². The number of hydrogen-bond donors (Lipinski definition) is 0. The zero-order valence-corrected chi connectivity index (χ0v) is 19.3. The standard InChI is InChI=1S/C22H13Cl3N2O3S/c1-9-10(2)31-22(26-9)27-18(11-3-5-14(24)15(25)7-11)17-19(28)13-8-12(23)4-6-16(13)30-20(17)21(27)29/h3-8,18H,1-2H3/t18-/m0/s1. The summed E-state index contributed by atoms with van der Waals surface area (Å²) in [6.07, 6.45) is 0. The molecule has 156 valence electrons. The highest BCUT2D eigenvalue weighted by Gasteiger charge is 2.45. The van der Waals surface area contributed by atoms with Gasteiger partial charge in [-0.2, -0.15) is 0 Å². The fourth-order valence-electron chi connectivity index (χ4n) is 3.70. The number of carbonyl (C=O) groups excluding carboxylic acids is 1. The number of aryl methyl sites for hydroxylation is 2. The van der Waals surface area contributed by atoms with E-state index in [0.717, 1.165) is 10.6 Å². The Morgan fingerprint density at radius 1 is 1.03 bits per heavy atom. The molecule has 4 aromatic rings. The van der Waals surface area contributed by atoms with Gasteiger partial charge in [-0.25, -0.2) is 4.98 Å². The van der Waals surface area contributed by atoms with E-state index < -0.39 is 11.9 Å². The number of anilines is 1. The van der Waals surface area contributed by atoms with Crippen LogP contribution in [0.1, 0.15) is 38.3 Å². The molecule has 0 radical (unpaired) electrons. The average molecular weight is 492 g/mol. The molecule has 0 fully saturated rings. The number of thiazole rings is 1. The molecule has 2 aromatic heterocycles. The molecular weight excluding hydrogens is 479 g/mol. The summed E-state index contributed by atoms with van der Waals surface area (Å²) >= 11 is 19.9. The zero-order chi connectivity index (χ0) is 22.0. The van der Waals surface area contributed by atoms with Gasteiger partial charge in [0.1, 0.15) is 5.58 Å². The van der Waals surface area contributed by atoms with Crippen LogP contribution in [0.3, 0.4) is 0 Å². The predicted octanol–water partition coefficient (Wildman–Crippen LogP) is 6.58. The summed E-state index contributed by atoms with van der Waals surface area (Å²) in [5.74, 6) is -0.449. The van der Waals surface area contributed by atoms with E-state index in [9.17, 15) is 9.59 Å². The molecule has 0 saturated heterocycles. The predicted molar refractivity (Wildman–Crippen MR) is 124 cm³/mol. The average Bonchev–Trinajstić information content (AvgIpc) is 3.21. The highest BCUT2D eigenvalue weighted by atomic mass is 35.5. The lowest BCUT2D eigenvalue weighted by Crippen LogP contribution is -2.29. The fourth-order valence-corrected chi connectivity index (χ4v) is 5.11. The summed E-state index contributed by atoms with van der Waals surface area (Å²) < 4.78 is 5.91. The third-order valence-corrected chi connectivity index (χ3v) is 7.36. The van der Waals surface area contributed by atoms with Crippen molar-refractivity contribution in [1.29, 1.82) is 0 Å². The molecular formula is C22H13Cl3N2O3S. The van der Waals surface area contributed by atoms with E-state index in [-0.39, 0.29) is 16.8 Å². The molecule has 0 unspecified atom stereocenters. The van der Waals surface area contributed by atoms with Crippen molar-refractivity contribution in [2.24, 2.45) is 0 Å². The second-order valence-electron chi connectivity index (χ2n) is 7.20. The third kappa shape index (κ3) is 3.17. The summed E-state index contributed by atoms with van der Waals surface area (Å²) in [7, 11) is 0. The topological polar surface area (TPSA) is 63.4 Å². The van der Waals surface area contributed by atoms with Crippen molar-refractivity contribution in [3.8, 4) is 0 Å². The summed E-state index contributed by atoms with van der Waals surface area (Å²) in [5.41, 5.74) is 1.63. The molecule has 5 rings (SSSR count). The Morgan fingerprint density at radius 3 is 2.48 bits per heavy atom. The molecule has 2 aromatic carbocycles. The van der Waals surface area contributed by atoms with Crippen molar-refractivity contribution in [1.82, 2.24) is 4.98 Å².